The van der Waals surface area contributed by atoms with Gasteiger partial charge in [-0.05, 0) is 57.4 Å². The van der Waals surface area contributed by atoms with E-state index < -0.39 is 0 Å². The molecule has 28 heavy (non-hydrogen) atoms. The van der Waals surface area contributed by atoms with Crippen LogP contribution < -0.4 is 9.64 Å². The lowest BCUT2D eigenvalue weighted by Crippen LogP contribution is -2.49. The Morgan fingerprint density at radius 3 is 2.75 bits per heavy atom. The van der Waals surface area contributed by atoms with Gasteiger partial charge < -0.3 is 14.5 Å². The van der Waals surface area contributed by atoms with E-state index in [1.807, 2.05) is 11.0 Å². The molecule has 1 atom stereocenters. The summed E-state index contributed by atoms with van der Waals surface area (Å²) in [6, 6.07) is 12.0. The van der Waals surface area contributed by atoms with Gasteiger partial charge in [-0.15, -0.1) is 0 Å². The number of rotatable bonds is 3. The summed E-state index contributed by atoms with van der Waals surface area (Å²) in [5.74, 6) is 0.134. The van der Waals surface area contributed by atoms with Crippen molar-refractivity contribution in [2.45, 2.75) is 44.2 Å². The van der Waals surface area contributed by atoms with E-state index >= 15 is 0 Å². The highest BCUT2D eigenvalue weighted by Crippen LogP contribution is 2.47. The maximum atomic E-state index is 13.8. The lowest BCUT2D eigenvalue weighted by molar-refractivity contribution is 0.0610. The van der Waals surface area contributed by atoms with Crippen LogP contribution in [0.2, 0.25) is 0 Å². The Balaban J connectivity index is 1.66. The zero-order valence-corrected chi connectivity index (χ0v) is 16.6. The van der Waals surface area contributed by atoms with Gasteiger partial charge in [-0.2, -0.15) is 0 Å². The summed E-state index contributed by atoms with van der Waals surface area (Å²) < 4.78 is 19.0. The first-order valence-corrected chi connectivity index (χ1v) is 9.71. The van der Waals surface area contributed by atoms with Crippen molar-refractivity contribution in [2.75, 3.05) is 25.1 Å². The number of hydrogen-bond acceptors (Lipinski definition) is 4. The summed E-state index contributed by atoms with van der Waals surface area (Å²) in [6.07, 6.45) is 2.74. The molecule has 1 aromatic carbocycles. The summed E-state index contributed by atoms with van der Waals surface area (Å²) in [4.78, 5) is 21.9. The van der Waals surface area contributed by atoms with Gasteiger partial charge in [-0.3, -0.25) is 4.79 Å². The topological polar surface area (TPSA) is 45.7 Å². The molecule has 5 nitrogen and oxygen atoms in total. The molecule has 2 fully saturated rings. The van der Waals surface area contributed by atoms with E-state index in [-0.39, 0.29) is 22.8 Å². The molecule has 0 N–H and O–H groups in total. The molecule has 4 rings (SSSR count). The van der Waals surface area contributed by atoms with Crippen molar-refractivity contribution >= 4 is 11.6 Å². The Kier molecular flexibility index (Phi) is 4.52. The van der Waals surface area contributed by atoms with Crippen LogP contribution in [-0.4, -0.2) is 47.1 Å². The van der Waals surface area contributed by atoms with Crippen LogP contribution in [0.15, 0.2) is 42.5 Å². The van der Waals surface area contributed by atoms with Crippen LogP contribution >= 0.6 is 0 Å². The third-order valence-corrected chi connectivity index (χ3v) is 6.06. The van der Waals surface area contributed by atoms with Crippen molar-refractivity contribution in [1.82, 2.24) is 9.88 Å². The second-order valence-corrected chi connectivity index (χ2v) is 8.41. The average Bonchev–Trinajstić information content (AvgIpc) is 3.20. The predicted octanol–water partition coefficient (Wildman–Crippen LogP) is 3.89. The molecule has 2 aliphatic heterocycles. The number of hydrogen-bond donors (Lipinski definition) is 0. The van der Waals surface area contributed by atoms with Gasteiger partial charge in [0.05, 0.1) is 12.6 Å². The van der Waals surface area contributed by atoms with Crippen molar-refractivity contribution in [1.29, 1.82) is 0 Å². The number of likely N-dealkylation sites (tertiary alicyclic amines) is 1. The lowest BCUT2D eigenvalue weighted by atomic mass is 9.87. The number of nitrogens with zero attached hydrogens (tertiary/aromatic N) is 3. The van der Waals surface area contributed by atoms with Crippen LogP contribution in [0.5, 0.6) is 5.88 Å². The van der Waals surface area contributed by atoms with Crippen molar-refractivity contribution in [3.63, 3.8) is 0 Å². The van der Waals surface area contributed by atoms with E-state index in [0.717, 1.165) is 24.9 Å². The first kappa shape index (κ1) is 18.7. The zero-order valence-electron chi connectivity index (χ0n) is 16.6. The van der Waals surface area contributed by atoms with Gasteiger partial charge >= 0.3 is 0 Å². The van der Waals surface area contributed by atoms with Crippen molar-refractivity contribution in [3.8, 4) is 5.88 Å². The normalized spacial score (nSPS) is 23.4. The van der Waals surface area contributed by atoms with Crippen molar-refractivity contribution in [2.24, 2.45) is 0 Å². The SMILES string of the molecule is COc1cccc(C(=O)N2CCCC23CN(c2cccc(F)c2)C(C)(C)C3)n1. The molecule has 148 valence electrons. The summed E-state index contributed by atoms with van der Waals surface area (Å²) in [6.45, 7) is 5.73. The molecule has 1 amide bonds. The lowest BCUT2D eigenvalue weighted by Gasteiger charge is -2.35. The van der Waals surface area contributed by atoms with Crippen LogP contribution in [0.25, 0.3) is 0 Å². The van der Waals surface area contributed by atoms with Gasteiger partial charge in [0, 0.05) is 30.4 Å². The Hall–Kier alpha value is -2.63. The summed E-state index contributed by atoms with van der Waals surface area (Å²) in [5.41, 5.74) is 0.819. The van der Waals surface area contributed by atoms with E-state index in [2.05, 4.69) is 23.7 Å². The molecule has 0 saturated carbocycles. The Labute approximate surface area is 165 Å². The molecule has 0 aliphatic carbocycles. The van der Waals surface area contributed by atoms with Crippen molar-refractivity contribution < 1.29 is 13.9 Å². The number of halogens is 1. The summed E-state index contributed by atoms with van der Waals surface area (Å²) in [5, 5.41) is 0. The molecule has 0 radical (unpaired) electrons. The molecular weight excluding hydrogens is 357 g/mol. The van der Waals surface area contributed by atoms with Gasteiger partial charge in [0.2, 0.25) is 5.88 Å². The molecule has 1 unspecified atom stereocenters. The molecule has 2 saturated heterocycles. The van der Waals surface area contributed by atoms with Gasteiger partial charge in [0.25, 0.3) is 5.91 Å². The largest absolute Gasteiger partial charge is 0.481 e. The average molecular weight is 383 g/mol. The van der Waals surface area contributed by atoms with E-state index in [0.29, 0.717) is 24.7 Å². The predicted molar refractivity (Wildman–Crippen MR) is 106 cm³/mol. The second-order valence-electron chi connectivity index (χ2n) is 8.41. The number of ether oxygens (including phenoxy) is 1. The van der Waals surface area contributed by atoms with Crippen LogP contribution in [0.3, 0.4) is 0 Å². The minimum absolute atomic E-state index is 0.0618. The number of benzene rings is 1. The summed E-state index contributed by atoms with van der Waals surface area (Å²) in [7, 11) is 1.55. The van der Waals surface area contributed by atoms with Crippen molar-refractivity contribution in [3.05, 3.63) is 54.0 Å². The quantitative estimate of drug-likeness (QED) is 0.807. The number of carbonyl (C=O) groups is 1. The molecular formula is C22H26FN3O2. The minimum atomic E-state index is -0.266. The first-order chi connectivity index (χ1) is 13.3. The highest BCUT2D eigenvalue weighted by molar-refractivity contribution is 5.93. The summed E-state index contributed by atoms with van der Waals surface area (Å²) >= 11 is 0. The van der Waals surface area contributed by atoms with Gasteiger partial charge in [0.15, 0.2) is 0 Å². The standard InChI is InChI=1S/C22H26FN3O2/c1-21(2)14-22(15-26(21)17-8-4-7-16(23)13-17)11-6-12-25(22)20(27)18-9-5-10-19(24-18)28-3/h4-5,7-10,13H,6,11-12,14-15H2,1-3H3. The smallest absolute Gasteiger partial charge is 0.273 e. The van der Waals surface area contributed by atoms with E-state index in [4.69, 9.17) is 4.74 Å². The number of amides is 1. The first-order valence-electron chi connectivity index (χ1n) is 9.71. The second kappa shape index (κ2) is 6.76. The Morgan fingerprint density at radius 2 is 2.00 bits per heavy atom. The fourth-order valence-corrected chi connectivity index (χ4v) is 4.94. The Bertz CT molecular complexity index is 901. The van der Waals surface area contributed by atoms with Gasteiger partial charge in [-0.1, -0.05) is 12.1 Å². The number of pyridine rings is 1. The highest BCUT2D eigenvalue weighted by atomic mass is 19.1. The number of anilines is 1. The Morgan fingerprint density at radius 1 is 1.21 bits per heavy atom. The molecule has 1 aromatic heterocycles. The number of carbonyl (C=O) groups excluding carboxylic acids is 1. The van der Waals surface area contributed by atoms with Crippen LogP contribution in [0.4, 0.5) is 10.1 Å². The minimum Gasteiger partial charge on any atom is -0.481 e. The van der Waals surface area contributed by atoms with Gasteiger partial charge in [-0.25, -0.2) is 9.37 Å². The molecule has 3 heterocycles. The highest BCUT2D eigenvalue weighted by Gasteiger charge is 2.55. The molecule has 2 aromatic rings. The van der Waals surface area contributed by atoms with E-state index in [1.165, 1.54) is 6.07 Å². The molecule has 6 heteroatoms. The fourth-order valence-electron chi connectivity index (χ4n) is 4.94. The molecule has 2 aliphatic rings. The zero-order chi connectivity index (χ0) is 19.9. The van der Waals surface area contributed by atoms with Gasteiger partial charge in [0.1, 0.15) is 11.5 Å². The number of methoxy groups -OCH3 is 1. The monoisotopic (exact) mass is 383 g/mol. The third-order valence-electron chi connectivity index (χ3n) is 6.06. The van der Waals surface area contributed by atoms with Crippen LogP contribution in [-0.2, 0) is 0 Å². The van der Waals surface area contributed by atoms with Crippen LogP contribution in [0.1, 0.15) is 43.6 Å². The van der Waals surface area contributed by atoms with Crippen LogP contribution in [0, 0.1) is 5.82 Å². The molecule has 1 spiro atoms. The number of aromatic nitrogens is 1. The van der Waals surface area contributed by atoms with E-state index in [9.17, 15) is 9.18 Å². The maximum absolute atomic E-state index is 13.8. The van der Waals surface area contributed by atoms with E-state index in [1.54, 1.807) is 37.4 Å². The molecule has 0 bridgehead atoms. The maximum Gasteiger partial charge on any atom is 0.273 e. The fraction of sp³-hybridized carbons (Fsp3) is 0.455. The third kappa shape index (κ3) is 3.11.